The molecule has 30 heavy (non-hydrogen) atoms. The number of rotatable bonds is 5. The lowest BCUT2D eigenvalue weighted by molar-refractivity contribution is -0.117. The van der Waals surface area contributed by atoms with Crippen LogP contribution in [0.15, 0.2) is 53.5 Å². The Morgan fingerprint density at radius 2 is 1.80 bits per heavy atom. The maximum Gasteiger partial charge on any atom is 0.252 e. The third kappa shape index (κ3) is 4.67. The van der Waals surface area contributed by atoms with Crippen molar-refractivity contribution in [1.82, 2.24) is 4.90 Å². The number of hydrogen-bond acceptors (Lipinski definition) is 5. The lowest BCUT2D eigenvalue weighted by atomic mass is 10.1. The minimum atomic E-state index is -3.12. The van der Waals surface area contributed by atoms with Crippen LogP contribution in [0, 0.1) is 5.82 Å². The van der Waals surface area contributed by atoms with Crippen LogP contribution in [0.25, 0.3) is 0 Å². The van der Waals surface area contributed by atoms with E-state index in [0.29, 0.717) is 17.5 Å². The molecule has 2 fully saturated rings. The van der Waals surface area contributed by atoms with Crippen molar-refractivity contribution in [1.29, 1.82) is 0 Å². The van der Waals surface area contributed by atoms with Crippen LogP contribution in [0.1, 0.15) is 11.1 Å². The number of carbonyl (C=O) groups excluding carboxylic acids is 1. The van der Waals surface area contributed by atoms with Crippen LogP contribution in [-0.2, 0) is 27.6 Å². The Labute approximate surface area is 179 Å². The Bertz CT molecular complexity index is 1070. The number of halogens is 1. The molecule has 6 nitrogen and oxygen atoms in total. The molecule has 0 aromatic heterocycles. The van der Waals surface area contributed by atoms with Gasteiger partial charge in [-0.15, -0.1) is 0 Å². The second kappa shape index (κ2) is 8.39. The summed E-state index contributed by atoms with van der Waals surface area (Å²) in [5.41, 5.74) is 1.65. The molecule has 0 bridgehead atoms. The van der Waals surface area contributed by atoms with Crippen LogP contribution < -0.4 is 4.74 Å². The molecule has 1 amide bonds. The number of aliphatic imine (C=N–C) groups is 1. The summed E-state index contributed by atoms with van der Waals surface area (Å²) in [6, 6.07) is 13.0. The maximum atomic E-state index is 13.2. The molecule has 2 aromatic carbocycles. The molecule has 158 valence electrons. The number of sulfone groups is 1. The largest absolute Gasteiger partial charge is 0.497 e. The molecule has 2 aromatic rings. The standard InChI is InChI=1S/C21H21FN2O4S2/c1-28-17-8-4-14(5-9-17)10-20(25)23-21-24(11-15-2-6-16(22)7-3-15)18-12-30(26,27)13-19(18)29-21/h2-9,18-19H,10-13H2,1H3. The molecule has 9 heteroatoms. The summed E-state index contributed by atoms with van der Waals surface area (Å²) in [5.74, 6) is 0.197. The van der Waals surface area contributed by atoms with Gasteiger partial charge in [0.05, 0.1) is 31.1 Å². The van der Waals surface area contributed by atoms with Gasteiger partial charge in [-0.25, -0.2) is 12.8 Å². The number of amidine groups is 1. The van der Waals surface area contributed by atoms with Crippen molar-refractivity contribution >= 4 is 32.7 Å². The van der Waals surface area contributed by atoms with E-state index >= 15 is 0 Å². The van der Waals surface area contributed by atoms with E-state index in [4.69, 9.17) is 4.74 Å². The average molecular weight is 449 g/mol. The van der Waals surface area contributed by atoms with Gasteiger partial charge in [-0.2, -0.15) is 4.99 Å². The first-order chi connectivity index (χ1) is 14.3. The first kappa shape index (κ1) is 20.9. The zero-order valence-electron chi connectivity index (χ0n) is 16.3. The molecule has 2 aliphatic heterocycles. The number of amides is 1. The summed E-state index contributed by atoms with van der Waals surface area (Å²) in [6.45, 7) is 0.374. The van der Waals surface area contributed by atoms with Gasteiger partial charge in [0.2, 0.25) is 0 Å². The molecule has 0 radical (unpaired) electrons. The molecule has 2 unspecified atom stereocenters. The predicted octanol–water partition coefficient (Wildman–Crippen LogP) is 2.67. The second-order valence-electron chi connectivity index (χ2n) is 7.37. The van der Waals surface area contributed by atoms with Gasteiger partial charge in [-0.3, -0.25) is 4.79 Å². The number of benzene rings is 2. The minimum Gasteiger partial charge on any atom is -0.497 e. The Kier molecular flexibility index (Phi) is 5.84. The number of fused-ring (bicyclic) bond motifs is 1. The first-order valence-corrected chi connectivity index (χ1v) is 12.2. The molecule has 2 atom stereocenters. The van der Waals surface area contributed by atoms with Crippen LogP contribution in [-0.4, -0.2) is 54.3 Å². The monoisotopic (exact) mass is 448 g/mol. The lowest BCUT2D eigenvalue weighted by Gasteiger charge is -2.24. The summed E-state index contributed by atoms with van der Waals surface area (Å²) in [4.78, 5) is 18.8. The van der Waals surface area contributed by atoms with Gasteiger partial charge in [0.1, 0.15) is 11.6 Å². The summed E-state index contributed by atoms with van der Waals surface area (Å²) < 4.78 is 42.6. The fourth-order valence-electron chi connectivity index (χ4n) is 3.67. The first-order valence-electron chi connectivity index (χ1n) is 9.45. The highest BCUT2D eigenvalue weighted by Gasteiger charge is 2.48. The highest BCUT2D eigenvalue weighted by atomic mass is 32.2. The van der Waals surface area contributed by atoms with E-state index in [9.17, 15) is 17.6 Å². The number of carbonyl (C=O) groups is 1. The molecule has 0 saturated carbocycles. The van der Waals surface area contributed by atoms with Gasteiger partial charge < -0.3 is 9.64 Å². The van der Waals surface area contributed by atoms with Crippen LogP contribution in [0.5, 0.6) is 5.75 Å². The van der Waals surface area contributed by atoms with Crippen molar-refractivity contribution in [2.75, 3.05) is 18.6 Å². The molecule has 0 N–H and O–H groups in total. The Hall–Kier alpha value is -2.39. The van der Waals surface area contributed by atoms with Crippen molar-refractivity contribution in [2.24, 2.45) is 4.99 Å². The highest BCUT2D eigenvalue weighted by molar-refractivity contribution is 8.15. The number of methoxy groups -OCH3 is 1. The van der Waals surface area contributed by atoms with E-state index in [1.807, 2.05) is 17.0 Å². The third-order valence-electron chi connectivity index (χ3n) is 5.18. The van der Waals surface area contributed by atoms with Crippen molar-refractivity contribution in [3.8, 4) is 5.75 Å². The second-order valence-corrected chi connectivity index (χ2v) is 10.7. The van der Waals surface area contributed by atoms with Gasteiger partial charge in [0.25, 0.3) is 5.91 Å². The number of hydrogen-bond donors (Lipinski definition) is 0. The lowest BCUT2D eigenvalue weighted by Crippen LogP contribution is -2.37. The van der Waals surface area contributed by atoms with E-state index in [-0.39, 0.29) is 40.9 Å². The molecule has 0 aliphatic carbocycles. The zero-order valence-corrected chi connectivity index (χ0v) is 18.0. The number of ether oxygens (including phenoxy) is 1. The van der Waals surface area contributed by atoms with Crippen molar-refractivity contribution in [3.63, 3.8) is 0 Å². The SMILES string of the molecule is COc1ccc(CC(=O)N=C2SC3CS(=O)(=O)CC3N2Cc2ccc(F)cc2)cc1. The number of thioether (sulfide) groups is 1. The zero-order chi connectivity index (χ0) is 21.3. The maximum absolute atomic E-state index is 13.2. The fraction of sp³-hybridized carbons (Fsp3) is 0.333. The van der Waals surface area contributed by atoms with Crippen LogP contribution in [0.4, 0.5) is 4.39 Å². The number of nitrogens with zero attached hydrogens (tertiary/aromatic N) is 2. The normalized spacial score (nSPS) is 23.5. The van der Waals surface area contributed by atoms with Gasteiger partial charge in [-0.1, -0.05) is 36.0 Å². The summed E-state index contributed by atoms with van der Waals surface area (Å²) in [6.07, 6.45) is 0.145. The minimum absolute atomic E-state index is 0.0392. The van der Waals surface area contributed by atoms with Crippen LogP contribution in [0.2, 0.25) is 0 Å². The molecular weight excluding hydrogens is 427 g/mol. The van der Waals surface area contributed by atoms with Gasteiger partial charge >= 0.3 is 0 Å². The predicted molar refractivity (Wildman–Crippen MR) is 115 cm³/mol. The van der Waals surface area contributed by atoms with Crippen LogP contribution in [0.3, 0.4) is 0 Å². The Balaban J connectivity index is 1.54. The summed E-state index contributed by atoms with van der Waals surface area (Å²) >= 11 is 1.34. The molecule has 2 heterocycles. The van der Waals surface area contributed by atoms with E-state index in [1.54, 1.807) is 31.4 Å². The fourth-order valence-corrected chi connectivity index (χ4v) is 7.64. The molecule has 4 rings (SSSR count). The molecule has 2 aliphatic rings. The summed E-state index contributed by atoms with van der Waals surface area (Å²) in [5, 5.41) is 0.380. The molecule has 2 saturated heterocycles. The topological polar surface area (TPSA) is 76.0 Å². The third-order valence-corrected chi connectivity index (χ3v) is 8.42. The van der Waals surface area contributed by atoms with E-state index in [2.05, 4.69) is 4.99 Å². The van der Waals surface area contributed by atoms with Gasteiger partial charge in [0.15, 0.2) is 15.0 Å². The van der Waals surface area contributed by atoms with Crippen LogP contribution >= 0.6 is 11.8 Å². The van der Waals surface area contributed by atoms with E-state index < -0.39 is 9.84 Å². The van der Waals surface area contributed by atoms with Gasteiger partial charge in [0, 0.05) is 11.8 Å². The van der Waals surface area contributed by atoms with Gasteiger partial charge in [-0.05, 0) is 35.4 Å². The van der Waals surface area contributed by atoms with Crippen molar-refractivity contribution < 1.29 is 22.3 Å². The average Bonchev–Trinajstić information content (AvgIpc) is 3.16. The smallest absolute Gasteiger partial charge is 0.252 e. The van der Waals surface area contributed by atoms with E-state index in [1.165, 1.54) is 23.9 Å². The van der Waals surface area contributed by atoms with E-state index in [0.717, 1.165) is 11.1 Å². The summed E-state index contributed by atoms with van der Waals surface area (Å²) in [7, 11) is -1.54. The quantitative estimate of drug-likeness (QED) is 0.700. The highest BCUT2D eigenvalue weighted by Crippen LogP contribution is 2.39. The van der Waals surface area contributed by atoms with Crippen molar-refractivity contribution in [3.05, 3.63) is 65.5 Å². The molecular formula is C21H21FN2O4S2. The Morgan fingerprint density at radius 3 is 2.47 bits per heavy atom. The molecule has 0 spiro atoms. The Morgan fingerprint density at radius 1 is 1.13 bits per heavy atom. The van der Waals surface area contributed by atoms with Crippen molar-refractivity contribution in [2.45, 2.75) is 24.3 Å².